The van der Waals surface area contributed by atoms with Gasteiger partial charge in [-0.05, 0) is 13.3 Å². The van der Waals surface area contributed by atoms with Gasteiger partial charge in [0, 0.05) is 20.2 Å². The summed E-state index contributed by atoms with van der Waals surface area (Å²) < 4.78 is 4.75. The monoisotopic (exact) mass is 242 g/mol. The predicted molar refractivity (Wildman–Crippen MR) is 61.8 cm³/mol. The topological polar surface area (TPSA) is 78.9 Å². The normalized spacial score (nSPS) is 17.3. The zero-order chi connectivity index (χ0) is 12.8. The maximum atomic E-state index is 11.8. The van der Waals surface area contributed by atoms with Crippen molar-refractivity contribution in [2.45, 2.75) is 19.4 Å². The van der Waals surface area contributed by atoms with Gasteiger partial charge in [0.1, 0.15) is 0 Å². The number of methoxy groups -OCH3 is 1. The van der Waals surface area contributed by atoms with Crippen LogP contribution in [0.2, 0.25) is 0 Å². The van der Waals surface area contributed by atoms with Gasteiger partial charge in [-0.1, -0.05) is 11.6 Å². The van der Waals surface area contributed by atoms with Gasteiger partial charge in [-0.25, -0.2) is 9.59 Å². The number of aliphatic carboxylic acids is 1. The van der Waals surface area contributed by atoms with Crippen LogP contribution in [0.4, 0.5) is 4.79 Å². The van der Waals surface area contributed by atoms with Crippen molar-refractivity contribution >= 4 is 12.0 Å². The van der Waals surface area contributed by atoms with Gasteiger partial charge in [0.05, 0.1) is 6.61 Å². The summed E-state index contributed by atoms with van der Waals surface area (Å²) in [4.78, 5) is 24.2. The molecule has 0 bridgehead atoms. The largest absolute Gasteiger partial charge is 0.480 e. The highest BCUT2D eigenvalue weighted by molar-refractivity contribution is 5.82. The van der Waals surface area contributed by atoms with Crippen molar-refractivity contribution < 1.29 is 19.4 Å². The van der Waals surface area contributed by atoms with Crippen molar-refractivity contribution in [3.8, 4) is 0 Å². The fourth-order valence-corrected chi connectivity index (χ4v) is 1.67. The lowest BCUT2D eigenvalue weighted by Gasteiger charge is -2.27. The van der Waals surface area contributed by atoms with Crippen molar-refractivity contribution in [2.75, 3.05) is 26.8 Å². The average molecular weight is 242 g/mol. The van der Waals surface area contributed by atoms with Crippen LogP contribution in [0, 0.1) is 0 Å². The Morgan fingerprint density at radius 3 is 2.88 bits per heavy atom. The van der Waals surface area contributed by atoms with E-state index in [9.17, 15) is 9.59 Å². The minimum Gasteiger partial charge on any atom is -0.480 e. The van der Waals surface area contributed by atoms with E-state index in [1.165, 1.54) is 7.11 Å². The van der Waals surface area contributed by atoms with E-state index in [0.29, 0.717) is 13.1 Å². The van der Waals surface area contributed by atoms with E-state index in [1.807, 2.05) is 6.92 Å². The number of hydrogen-bond acceptors (Lipinski definition) is 3. The highest BCUT2D eigenvalue weighted by Gasteiger charge is 2.23. The Morgan fingerprint density at radius 1 is 1.65 bits per heavy atom. The first-order chi connectivity index (χ1) is 8.04. The zero-order valence-electron chi connectivity index (χ0n) is 10.1. The van der Waals surface area contributed by atoms with Crippen LogP contribution in [-0.2, 0) is 9.53 Å². The quantitative estimate of drug-likeness (QED) is 0.701. The maximum Gasteiger partial charge on any atom is 0.328 e. The molecule has 1 aliphatic rings. The van der Waals surface area contributed by atoms with Gasteiger partial charge in [-0.2, -0.15) is 0 Å². The van der Waals surface area contributed by atoms with Crippen LogP contribution >= 0.6 is 0 Å². The number of hydrogen-bond donors (Lipinski definition) is 2. The molecule has 17 heavy (non-hydrogen) atoms. The summed E-state index contributed by atoms with van der Waals surface area (Å²) in [5.74, 6) is -1.09. The summed E-state index contributed by atoms with van der Waals surface area (Å²) in [6.07, 6.45) is 2.88. The van der Waals surface area contributed by atoms with Crippen LogP contribution in [0.5, 0.6) is 0 Å². The number of carbonyl (C=O) groups is 2. The van der Waals surface area contributed by atoms with Crippen LogP contribution in [0.25, 0.3) is 0 Å². The molecule has 1 atom stereocenters. The second kappa shape index (κ2) is 6.24. The number of nitrogens with one attached hydrogen (secondary N) is 1. The van der Waals surface area contributed by atoms with Gasteiger partial charge < -0.3 is 20.1 Å². The Kier molecular flexibility index (Phi) is 4.96. The van der Waals surface area contributed by atoms with Gasteiger partial charge in [-0.15, -0.1) is 0 Å². The minimum absolute atomic E-state index is 0.0380. The van der Waals surface area contributed by atoms with Crippen LogP contribution in [0.3, 0.4) is 0 Å². The molecule has 2 amide bonds. The molecule has 2 N–H and O–H groups in total. The molecule has 1 heterocycles. The lowest BCUT2D eigenvalue weighted by Crippen LogP contribution is -2.50. The van der Waals surface area contributed by atoms with Crippen LogP contribution < -0.4 is 5.32 Å². The lowest BCUT2D eigenvalue weighted by atomic mass is 10.1. The highest BCUT2D eigenvalue weighted by atomic mass is 16.5. The Balaban J connectivity index is 2.52. The number of ether oxygens (including phenoxy) is 1. The number of nitrogens with zero attached hydrogens (tertiary/aromatic N) is 1. The van der Waals surface area contributed by atoms with Gasteiger partial charge in [0.2, 0.25) is 0 Å². The van der Waals surface area contributed by atoms with Gasteiger partial charge in [-0.3, -0.25) is 0 Å². The van der Waals surface area contributed by atoms with Crippen LogP contribution in [0.15, 0.2) is 11.6 Å². The summed E-state index contributed by atoms with van der Waals surface area (Å²) in [5, 5.41) is 11.3. The average Bonchev–Trinajstić information content (AvgIpc) is 2.28. The molecular formula is C11H18N2O4. The number of amides is 2. The van der Waals surface area contributed by atoms with E-state index in [0.717, 1.165) is 12.0 Å². The molecule has 1 unspecified atom stereocenters. The third-order valence-corrected chi connectivity index (χ3v) is 2.55. The maximum absolute atomic E-state index is 11.8. The van der Waals surface area contributed by atoms with Crippen LogP contribution in [-0.4, -0.2) is 54.9 Å². The molecule has 0 spiro atoms. The fraction of sp³-hybridized carbons (Fsp3) is 0.636. The molecule has 0 saturated heterocycles. The molecular weight excluding hydrogens is 224 g/mol. The Labute approximate surface area is 100 Å². The predicted octanol–water partition coefficient (Wildman–Crippen LogP) is 0.448. The first-order valence-corrected chi connectivity index (χ1v) is 5.47. The molecule has 96 valence electrons. The second-order valence-electron chi connectivity index (χ2n) is 4.06. The number of urea groups is 1. The van der Waals surface area contributed by atoms with Crippen molar-refractivity contribution in [3.05, 3.63) is 11.6 Å². The lowest BCUT2D eigenvalue weighted by molar-refractivity contribution is -0.140. The molecule has 0 saturated carbocycles. The molecule has 0 aromatic heterocycles. The third-order valence-electron chi connectivity index (χ3n) is 2.55. The van der Waals surface area contributed by atoms with Crippen LogP contribution in [0.1, 0.15) is 13.3 Å². The van der Waals surface area contributed by atoms with E-state index in [-0.39, 0.29) is 12.6 Å². The van der Waals surface area contributed by atoms with Crippen molar-refractivity contribution in [3.63, 3.8) is 0 Å². The summed E-state index contributed by atoms with van der Waals surface area (Å²) in [6, 6.07) is -1.36. The number of carbonyl (C=O) groups excluding carboxylic acids is 1. The smallest absolute Gasteiger partial charge is 0.328 e. The first kappa shape index (κ1) is 13.5. The van der Waals surface area contributed by atoms with Crippen molar-refractivity contribution in [1.29, 1.82) is 0 Å². The molecule has 0 aliphatic carbocycles. The van der Waals surface area contributed by atoms with Gasteiger partial charge in [0.15, 0.2) is 6.04 Å². The van der Waals surface area contributed by atoms with E-state index in [2.05, 4.69) is 11.4 Å². The molecule has 0 aromatic rings. The van der Waals surface area contributed by atoms with Gasteiger partial charge in [0.25, 0.3) is 0 Å². The van der Waals surface area contributed by atoms with Crippen molar-refractivity contribution in [2.24, 2.45) is 0 Å². The third kappa shape index (κ3) is 4.07. The molecule has 0 fully saturated rings. The molecule has 6 heteroatoms. The molecule has 1 rings (SSSR count). The standard InChI is InChI=1S/C11H18N2O4/c1-8-4-3-5-13(6-8)11(16)12-9(7-17-2)10(14)15/h4,9H,3,5-7H2,1-2H3,(H,12,16)(H,14,15). The first-order valence-electron chi connectivity index (χ1n) is 5.47. The van der Waals surface area contributed by atoms with Crippen molar-refractivity contribution in [1.82, 2.24) is 10.2 Å². The van der Waals surface area contributed by atoms with E-state index in [4.69, 9.17) is 9.84 Å². The van der Waals surface area contributed by atoms with E-state index < -0.39 is 12.0 Å². The van der Waals surface area contributed by atoms with E-state index >= 15 is 0 Å². The number of rotatable bonds is 4. The Hall–Kier alpha value is -1.56. The second-order valence-corrected chi connectivity index (χ2v) is 4.06. The number of carboxylic acids is 1. The van der Waals surface area contributed by atoms with Gasteiger partial charge >= 0.3 is 12.0 Å². The Morgan fingerprint density at radius 2 is 2.35 bits per heavy atom. The molecule has 1 aliphatic heterocycles. The summed E-state index contributed by atoms with van der Waals surface area (Å²) in [7, 11) is 1.40. The summed E-state index contributed by atoms with van der Waals surface area (Å²) in [6.45, 7) is 3.07. The number of carboxylic acid groups (broad SMARTS) is 1. The Bertz CT molecular complexity index is 327. The fourth-order valence-electron chi connectivity index (χ4n) is 1.67. The molecule has 0 aromatic carbocycles. The summed E-state index contributed by atoms with van der Waals surface area (Å²) >= 11 is 0. The zero-order valence-corrected chi connectivity index (χ0v) is 10.1. The highest BCUT2D eigenvalue weighted by Crippen LogP contribution is 2.08. The SMILES string of the molecule is COCC(NC(=O)N1CCC=C(C)C1)C(=O)O. The molecule has 0 radical (unpaired) electrons. The van der Waals surface area contributed by atoms with E-state index in [1.54, 1.807) is 4.90 Å². The minimum atomic E-state index is -1.09. The summed E-state index contributed by atoms with van der Waals surface area (Å²) in [5.41, 5.74) is 1.12. The molecule has 6 nitrogen and oxygen atoms in total.